The number of carbonyl (C=O) groups is 1. The van der Waals surface area contributed by atoms with E-state index >= 15 is 0 Å². The molecule has 0 aromatic heterocycles. The van der Waals surface area contributed by atoms with Crippen molar-refractivity contribution >= 4 is 6.03 Å². The van der Waals surface area contributed by atoms with Crippen LogP contribution in [0.4, 0.5) is 4.79 Å². The molecule has 0 spiro atoms. The highest BCUT2D eigenvalue weighted by Gasteiger charge is 1.91. The van der Waals surface area contributed by atoms with Crippen molar-refractivity contribution in [3.63, 3.8) is 0 Å². The number of hydrogen-bond donors (Lipinski definition) is 2. The number of carbonyl (C=O) groups excluding carboxylic acids is 1. The molecule has 0 aliphatic heterocycles. The molecule has 0 saturated heterocycles. The van der Waals surface area contributed by atoms with Gasteiger partial charge in [-0.3, -0.25) is 0 Å². The van der Waals surface area contributed by atoms with E-state index in [4.69, 9.17) is 5.73 Å². The lowest BCUT2D eigenvalue weighted by molar-refractivity contribution is 0.248. The Morgan fingerprint density at radius 1 is 1.38 bits per heavy atom. The first kappa shape index (κ1) is 11.5. The number of hydrogen-bond acceptors (Lipinski definition) is 1. The van der Waals surface area contributed by atoms with Crippen LogP contribution in [0.5, 0.6) is 0 Å². The Morgan fingerprint density at radius 2 is 1.92 bits per heavy atom. The van der Waals surface area contributed by atoms with Crippen LogP contribution in [0, 0.1) is 0 Å². The Bertz CT molecular complexity index is 242. The topological polar surface area (TPSA) is 55.1 Å². The Kier molecular flexibility index (Phi) is 6.32. The maximum Gasteiger partial charge on any atom is 0.312 e. The molecule has 0 aliphatic rings. The minimum atomic E-state index is -0.492. The predicted molar refractivity (Wildman–Crippen MR) is 58.4 cm³/mol. The molecule has 3 nitrogen and oxygen atoms in total. The van der Waals surface area contributed by atoms with E-state index in [0.717, 1.165) is 5.56 Å². The second-order valence-electron chi connectivity index (χ2n) is 2.20. The number of nitrogens with one attached hydrogen (secondary N) is 1. The molecule has 76 valence electrons. The zero-order chi connectivity index (χ0) is 10.1. The van der Waals surface area contributed by atoms with Crippen molar-refractivity contribution in [1.82, 2.24) is 5.32 Å². The van der Waals surface area contributed by atoms with Gasteiger partial charge in [0.2, 0.25) is 0 Å². The maximum atomic E-state index is 10.3. The Hall–Kier alpha value is -1.51. The molecule has 1 aromatic rings. The summed E-state index contributed by atoms with van der Waals surface area (Å²) in [6, 6.07) is 9.12. The van der Waals surface area contributed by atoms with Crippen LogP contribution in [0.25, 0.3) is 0 Å². The molecule has 2 amide bonds. The molecule has 0 atom stereocenters. The molecule has 0 heterocycles. The quantitative estimate of drug-likeness (QED) is 0.728. The van der Waals surface area contributed by atoms with Crippen LogP contribution in [-0.4, -0.2) is 6.03 Å². The lowest BCUT2D eigenvalue weighted by Crippen LogP contribution is -2.28. The molecule has 1 aromatic carbocycles. The lowest BCUT2D eigenvalue weighted by Gasteiger charge is -1.99. The zero-order valence-electron chi connectivity index (χ0n) is 8.08. The lowest BCUT2D eigenvalue weighted by atomic mass is 10.2. The molecule has 0 unspecified atom stereocenters. The van der Waals surface area contributed by atoms with Crippen LogP contribution in [0.3, 0.4) is 0 Å². The van der Waals surface area contributed by atoms with Crippen molar-refractivity contribution in [1.29, 1.82) is 0 Å². The summed E-state index contributed by atoms with van der Waals surface area (Å²) in [5.41, 5.74) is 5.94. The Morgan fingerprint density at radius 3 is 2.38 bits per heavy atom. The van der Waals surface area contributed by atoms with Gasteiger partial charge < -0.3 is 11.1 Å². The number of nitrogens with two attached hydrogens (primary N) is 1. The fourth-order valence-corrected chi connectivity index (χ4v) is 0.785. The number of rotatable bonds is 2. The fraction of sp³-hybridized carbons (Fsp3) is 0.300. The predicted octanol–water partition coefficient (Wildman–Crippen LogP) is 2.37. The fourth-order valence-electron chi connectivity index (χ4n) is 0.785. The van der Waals surface area contributed by atoms with Crippen molar-refractivity contribution in [2.75, 3.05) is 0 Å². The molecule has 0 aliphatic carbocycles. The van der Waals surface area contributed by atoms with Gasteiger partial charge in [0.1, 0.15) is 0 Å². The van der Waals surface area contributed by atoms with Gasteiger partial charge in [0.15, 0.2) is 0 Å². The van der Waals surface area contributed by atoms with Gasteiger partial charge in [-0.1, -0.05) is 44.2 Å². The van der Waals surface area contributed by atoms with Gasteiger partial charge in [-0.25, -0.2) is 4.79 Å². The zero-order valence-corrected chi connectivity index (χ0v) is 8.08. The van der Waals surface area contributed by atoms with Gasteiger partial charge in [-0.15, -0.1) is 0 Å². The van der Waals surface area contributed by atoms with Crippen LogP contribution >= 0.6 is 0 Å². The van der Waals surface area contributed by atoms with Crippen LogP contribution in [0.15, 0.2) is 30.3 Å². The molecule has 1 rings (SSSR count). The normalized spacial score (nSPS) is 8.15. The number of benzene rings is 1. The van der Waals surface area contributed by atoms with E-state index < -0.39 is 6.03 Å². The van der Waals surface area contributed by atoms with Crippen molar-refractivity contribution in [2.45, 2.75) is 20.4 Å². The number of urea groups is 1. The second kappa shape index (κ2) is 7.16. The molecule has 3 heteroatoms. The molecule has 0 bridgehead atoms. The van der Waals surface area contributed by atoms with E-state index in [1.54, 1.807) is 0 Å². The van der Waals surface area contributed by atoms with Crippen LogP contribution in [0.2, 0.25) is 0 Å². The highest BCUT2D eigenvalue weighted by atomic mass is 16.2. The highest BCUT2D eigenvalue weighted by Crippen LogP contribution is 1.96. The minimum absolute atomic E-state index is 0. The monoisotopic (exact) mass is 184 g/mol. The van der Waals surface area contributed by atoms with E-state index in [0.29, 0.717) is 6.54 Å². The standard InChI is InChI=1S/C8H10N2O.C2H6.2H2/c9-8(11)10-6-7-4-2-1-3-5-7;1-2;;/h1-5H,6H2,(H3,9,10,11);1-2H3;2*1H. The molecule has 0 fully saturated rings. The summed E-state index contributed by atoms with van der Waals surface area (Å²) >= 11 is 0. The SMILES string of the molecule is CC.NC(=O)NCc1ccccc1.[HH].[HH]. The van der Waals surface area contributed by atoms with Gasteiger partial charge in [0, 0.05) is 9.40 Å². The molecule has 0 saturated carbocycles. The number of primary amides is 1. The van der Waals surface area contributed by atoms with Gasteiger partial charge >= 0.3 is 6.03 Å². The summed E-state index contributed by atoms with van der Waals surface area (Å²) in [7, 11) is 0. The second-order valence-corrected chi connectivity index (χ2v) is 2.20. The van der Waals surface area contributed by atoms with Gasteiger partial charge in [0.25, 0.3) is 0 Å². The van der Waals surface area contributed by atoms with Gasteiger partial charge in [-0.2, -0.15) is 0 Å². The van der Waals surface area contributed by atoms with Crippen molar-refractivity contribution in [3.05, 3.63) is 35.9 Å². The summed E-state index contributed by atoms with van der Waals surface area (Å²) < 4.78 is 0. The maximum absolute atomic E-state index is 10.3. The van der Waals surface area contributed by atoms with E-state index in [1.165, 1.54) is 0 Å². The van der Waals surface area contributed by atoms with E-state index in [9.17, 15) is 4.79 Å². The molecule has 13 heavy (non-hydrogen) atoms. The Balaban J connectivity index is -0.000000339. The summed E-state index contributed by atoms with van der Waals surface area (Å²) in [6.07, 6.45) is 0. The van der Waals surface area contributed by atoms with Crippen molar-refractivity contribution in [2.24, 2.45) is 5.73 Å². The van der Waals surface area contributed by atoms with E-state index in [-0.39, 0.29) is 2.85 Å². The summed E-state index contributed by atoms with van der Waals surface area (Å²) in [5, 5.41) is 2.50. The molecule has 0 radical (unpaired) electrons. The highest BCUT2D eigenvalue weighted by molar-refractivity contribution is 5.71. The summed E-state index contributed by atoms with van der Waals surface area (Å²) in [6.45, 7) is 4.50. The van der Waals surface area contributed by atoms with E-state index in [1.807, 2.05) is 44.2 Å². The van der Waals surface area contributed by atoms with Crippen LogP contribution in [0.1, 0.15) is 22.3 Å². The third kappa shape index (κ3) is 5.73. The van der Waals surface area contributed by atoms with Crippen LogP contribution in [-0.2, 0) is 6.54 Å². The summed E-state index contributed by atoms with van der Waals surface area (Å²) in [4.78, 5) is 10.3. The third-order valence-corrected chi connectivity index (χ3v) is 1.31. The first-order valence-electron chi connectivity index (χ1n) is 4.36. The van der Waals surface area contributed by atoms with E-state index in [2.05, 4.69) is 5.32 Å². The van der Waals surface area contributed by atoms with Gasteiger partial charge in [-0.05, 0) is 5.56 Å². The number of amides is 2. The average molecular weight is 184 g/mol. The minimum Gasteiger partial charge on any atom is -0.352 e. The van der Waals surface area contributed by atoms with Gasteiger partial charge in [0.05, 0.1) is 0 Å². The van der Waals surface area contributed by atoms with Crippen molar-refractivity contribution < 1.29 is 7.65 Å². The molecule has 3 N–H and O–H groups in total. The smallest absolute Gasteiger partial charge is 0.312 e. The summed E-state index contributed by atoms with van der Waals surface area (Å²) in [5.74, 6) is 0. The van der Waals surface area contributed by atoms with Crippen LogP contribution < -0.4 is 11.1 Å². The Labute approximate surface area is 81.9 Å². The first-order valence-corrected chi connectivity index (χ1v) is 4.36. The average Bonchev–Trinajstić information content (AvgIpc) is 2.19. The third-order valence-electron chi connectivity index (χ3n) is 1.31. The molecular formula is C10H20N2O. The first-order chi connectivity index (χ1) is 6.29. The largest absolute Gasteiger partial charge is 0.352 e. The molecular weight excluding hydrogens is 164 g/mol. The van der Waals surface area contributed by atoms with Crippen molar-refractivity contribution in [3.8, 4) is 0 Å².